The first-order valence-corrected chi connectivity index (χ1v) is 12.6. The van der Waals surface area contributed by atoms with E-state index in [-0.39, 0.29) is 35.7 Å². The number of hydrogen-bond donors (Lipinski definition) is 4. The van der Waals surface area contributed by atoms with Crippen LogP contribution in [0.4, 0.5) is 0 Å². The first-order valence-electron chi connectivity index (χ1n) is 11.3. The van der Waals surface area contributed by atoms with Crippen molar-refractivity contribution in [3.05, 3.63) is 28.8 Å². The number of rotatable bonds is 5. The van der Waals surface area contributed by atoms with Gasteiger partial charge in [0, 0.05) is 17.0 Å². The molecule has 4 N–H and O–H groups in total. The number of carbonyl (C=O) groups is 3. The molecule has 8 nitrogen and oxygen atoms in total. The van der Waals surface area contributed by atoms with Crippen LogP contribution < -0.4 is 26.0 Å². The van der Waals surface area contributed by atoms with Crippen molar-refractivity contribution in [1.82, 2.24) is 21.3 Å². The second kappa shape index (κ2) is 9.35. The Kier molecular flexibility index (Phi) is 6.85. The summed E-state index contributed by atoms with van der Waals surface area (Å²) in [4.78, 5) is 37.9. The quantitative estimate of drug-likeness (QED) is 0.498. The fraction of sp³-hybridized carbons (Fsp3) is 0.609. The van der Waals surface area contributed by atoms with Crippen LogP contribution in [0.5, 0.6) is 5.75 Å². The minimum Gasteiger partial charge on any atom is -0.493 e. The lowest BCUT2D eigenvalue weighted by atomic mass is 9.57. The Hall–Kier alpha value is -1.97. The van der Waals surface area contributed by atoms with Gasteiger partial charge in [-0.3, -0.25) is 14.4 Å². The zero-order chi connectivity index (χ0) is 23.8. The third kappa shape index (κ3) is 4.81. The van der Waals surface area contributed by atoms with E-state index in [2.05, 4.69) is 35.1 Å². The number of amides is 3. The van der Waals surface area contributed by atoms with Crippen LogP contribution in [-0.2, 0) is 14.4 Å². The lowest BCUT2D eigenvalue weighted by molar-refractivity contribution is -0.144. The molecular weight excluding hydrogens is 464 g/mol. The van der Waals surface area contributed by atoms with E-state index in [9.17, 15) is 14.4 Å². The third-order valence-electron chi connectivity index (χ3n) is 6.65. The SMILES string of the molecule is CNCC(=O)NC1CCSC2(CC(C)(C)C2C(=O)NC2CCOc3ccc(Cl)cc32)NC1=O. The zero-order valence-electron chi connectivity index (χ0n) is 19.1. The molecule has 3 aliphatic rings. The molecule has 33 heavy (non-hydrogen) atoms. The van der Waals surface area contributed by atoms with E-state index in [0.29, 0.717) is 36.6 Å². The second-order valence-electron chi connectivity index (χ2n) is 9.65. The summed E-state index contributed by atoms with van der Waals surface area (Å²) in [7, 11) is 1.68. The maximum absolute atomic E-state index is 13.6. The highest BCUT2D eigenvalue weighted by molar-refractivity contribution is 8.00. The molecular formula is C23H31ClN4O4S. The van der Waals surface area contributed by atoms with Gasteiger partial charge in [0.1, 0.15) is 11.8 Å². The predicted octanol–water partition coefficient (Wildman–Crippen LogP) is 1.98. The summed E-state index contributed by atoms with van der Waals surface area (Å²) in [5.74, 6) is 0.444. The van der Waals surface area contributed by atoms with Gasteiger partial charge in [-0.15, -0.1) is 11.8 Å². The molecule has 180 valence electrons. The number of hydrogen-bond acceptors (Lipinski definition) is 6. The Morgan fingerprint density at radius 1 is 1.24 bits per heavy atom. The molecule has 3 amide bonds. The Labute approximate surface area is 203 Å². The molecule has 1 saturated carbocycles. The highest BCUT2D eigenvalue weighted by atomic mass is 35.5. The summed E-state index contributed by atoms with van der Waals surface area (Å²) in [6.07, 6.45) is 1.86. The van der Waals surface area contributed by atoms with Crippen LogP contribution in [0.2, 0.25) is 5.02 Å². The normalized spacial score (nSPS) is 30.2. The van der Waals surface area contributed by atoms with E-state index in [1.807, 2.05) is 12.1 Å². The fourth-order valence-corrected chi connectivity index (χ4v) is 7.47. The monoisotopic (exact) mass is 494 g/mol. The maximum Gasteiger partial charge on any atom is 0.243 e. The van der Waals surface area contributed by atoms with Gasteiger partial charge in [0.15, 0.2) is 0 Å². The van der Waals surface area contributed by atoms with Crippen LogP contribution in [0.3, 0.4) is 0 Å². The average molecular weight is 495 g/mol. The van der Waals surface area contributed by atoms with E-state index in [1.54, 1.807) is 24.9 Å². The average Bonchev–Trinajstić information content (AvgIpc) is 2.87. The van der Waals surface area contributed by atoms with Gasteiger partial charge >= 0.3 is 0 Å². The second-order valence-corrected chi connectivity index (χ2v) is 11.5. The van der Waals surface area contributed by atoms with Crippen LogP contribution >= 0.6 is 23.4 Å². The minimum absolute atomic E-state index is 0.0884. The molecule has 1 spiro atoms. The maximum atomic E-state index is 13.6. The largest absolute Gasteiger partial charge is 0.493 e. The van der Waals surface area contributed by atoms with E-state index < -0.39 is 16.8 Å². The van der Waals surface area contributed by atoms with E-state index in [1.165, 1.54) is 0 Å². The van der Waals surface area contributed by atoms with Gasteiger partial charge in [0.05, 0.1) is 30.0 Å². The summed E-state index contributed by atoms with van der Waals surface area (Å²) in [5.41, 5.74) is 0.597. The van der Waals surface area contributed by atoms with E-state index in [4.69, 9.17) is 16.3 Å². The molecule has 1 aliphatic carbocycles. The number of thioether (sulfide) groups is 1. The summed E-state index contributed by atoms with van der Waals surface area (Å²) in [6, 6.07) is 4.64. The van der Waals surface area contributed by atoms with Crippen molar-refractivity contribution in [1.29, 1.82) is 0 Å². The van der Waals surface area contributed by atoms with E-state index in [0.717, 1.165) is 11.3 Å². The van der Waals surface area contributed by atoms with Crippen LogP contribution in [0, 0.1) is 11.3 Å². The Morgan fingerprint density at radius 3 is 2.76 bits per heavy atom. The van der Waals surface area contributed by atoms with Crippen molar-refractivity contribution in [2.75, 3.05) is 26.0 Å². The van der Waals surface area contributed by atoms with E-state index >= 15 is 0 Å². The molecule has 4 rings (SSSR count). The van der Waals surface area contributed by atoms with Gasteiger partial charge in [-0.2, -0.15) is 0 Å². The molecule has 4 unspecified atom stereocenters. The summed E-state index contributed by atoms with van der Waals surface area (Å²) >= 11 is 7.80. The first kappa shape index (κ1) is 24.2. The Bertz CT molecular complexity index is 958. The molecule has 1 aromatic rings. The molecule has 0 aromatic heterocycles. The number of nitrogens with one attached hydrogen (secondary N) is 4. The number of ether oxygens (including phenoxy) is 1. The van der Waals surface area contributed by atoms with Gasteiger partial charge in [-0.25, -0.2) is 0 Å². The first-order chi connectivity index (χ1) is 15.6. The zero-order valence-corrected chi connectivity index (χ0v) is 20.7. The van der Waals surface area contributed by atoms with Gasteiger partial charge in [-0.05, 0) is 49.3 Å². The molecule has 1 saturated heterocycles. The molecule has 4 atom stereocenters. The number of halogens is 1. The van der Waals surface area contributed by atoms with Gasteiger partial charge in [-0.1, -0.05) is 25.4 Å². The molecule has 0 bridgehead atoms. The van der Waals surface area contributed by atoms with Gasteiger partial charge in [0.25, 0.3) is 0 Å². The van der Waals surface area contributed by atoms with Crippen molar-refractivity contribution < 1.29 is 19.1 Å². The minimum atomic E-state index is -0.685. The topological polar surface area (TPSA) is 109 Å². The van der Waals surface area contributed by atoms with Crippen molar-refractivity contribution in [2.24, 2.45) is 11.3 Å². The standard InChI is InChI=1S/C23H31ClN4O4S/c1-22(2)12-23(28-20(30)16(7-9-33-23)26-18(29)11-25-3)19(22)21(31)27-15-6-8-32-17-5-4-13(24)10-14(15)17/h4-5,10,15-16,19,25H,6-9,11-12H2,1-3H3,(H,26,29)(H,27,31)(H,28,30). The number of fused-ring (bicyclic) bond motifs is 1. The Balaban J connectivity index is 1.50. The van der Waals surface area contributed by atoms with Crippen molar-refractivity contribution in [2.45, 2.75) is 50.1 Å². The molecule has 0 radical (unpaired) electrons. The summed E-state index contributed by atoms with van der Waals surface area (Å²) in [6.45, 7) is 4.77. The fourth-order valence-electron chi connectivity index (χ4n) is 5.33. The van der Waals surface area contributed by atoms with Gasteiger partial charge < -0.3 is 26.0 Å². The lowest BCUT2D eigenvalue weighted by Crippen LogP contribution is -2.70. The number of carbonyl (C=O) groups excluding carboxylic acids is 3. The molecule has 2 aliphatic heterocycles. The molecule has 1 aromatic carbocycles. The smallest absolute Gasteiger partial charge is 0.243 e. The molecule has 2 heterocycles. The van der Waals surface area contributed by atoms with Crippen molar-refractivity contribution in [3.63, 3.8) is 0 Å². The molecule has 2 fully saturated rings. The van der Waals surface area contributed by atoms with Crippen molar-refractivity contribution >= 4 is 41.1 Å². The summed E-state index contributed by atoms with van der Waals surface area (Å²) < 4.78 is 5.72. The van der Waals surface area contributed by atoms with Crippen molar-refractivity contribution in [3.8, 4) is 5.75 Å². The molecule has 10 heteroatoms. The summed E-state index contributed by atoms with van der Waals surface area (Å²) in [5, 5.41) is 12.5. The van der Waals surface area contributed by atoms with Crippen LogP contribution in [0.25, 0.3) is 0 Å². The number of likely N-dealkylation sites (N-methyl/N-ethyl adjacent to an activating group) is 1. The van der Waals surface area contributed by atoms with Gasteiger partial charge in [0.2, 0.25) is 17.7 Å². The predicted molar refractivity (Wildman–Crippen MR) is 128 cm³/mol. The number of benzene rings is 1. The lowest BCUT2D eigenvalue weighted by Gasteiger charge is -2.58. The highest BCUT2D eigenvalue weighted by Gasteiger charge is 2.64. The third-order valence-corrected chi connectivity index (χ3v) is 8.32. The highest BCUT2D eigenvalue weighted by Crippen LogP contribution is 2.59. The van der Waals surface area contributed by atoms with Crippen LogP contribution in [-0.4, -0.2) is 54.6 Å². The Morgan fingerprint density at radius 2 is 2.03 bits per heavy atom. The van der Waals surface area contributed by atoms with Crippen LogP contribution in [0.1, 0.15) is 44.7 Å². The van der Waals surface area contributed by atoms with Crippen LogP contribution in [0.15, 0.2) is 18.2 Å².